The first-order valence-electron chi connectivity index (χ1n) is 10.2. The van der Waals surface area contributed by atoms with Crippen molar-refractivity contribution in [2.24, 2.45) is 0 Å². The summed E-state index contributed by atoms with van der Waals surface area (Å²) in [6.45, 7) is 3.37. The Labute approximate surface area is 196 Å². The van der Waals surface area contributed by atoms with E-state index in [2.05, 4.69) is 32.6 Å². The topological polar surface area (TPSA) is 107 Å². The third-order valence-corrected chi connectivity index (χ3v) is 7.01. The highest BCUT2D eigenvalue weighted by Gasteiger charge is 2.54. The number of allylic oxidation sites excluding steroid dienone is 7. The number of benzene rings is 1. The lowest BCUT2D eigenvalue weighted by Crippen LogP contribution is -2.43. The fourth-order valence-corrected chi connectivity index (χ4v) is 5.56. The molecule has 0 aliphatic heterocycles. The first-order chi connectivity index (χ1) is 15.9. The zero-order valence-electron chi connectivity index (χ0n) is 17.1. The van der Waals surface area contributed by atoms with Crippen LogP contribution in [0.5, 0.6) is 0 Å². The number of ketones is 4. The van der Waals surface area contributed by atoms with E-state index < -0.39 is 29.4 Å². The number of carbonyl (C=O) groups excluding carboxylic acids is 5. The van der Waals surface area contributed by atoms with Gasteiger partial charge in [-0.05, 0) is 39.2 Å². The van der Waals surface area contributed by atoms with Crippen molar-refractivity contribution in [1.29, 1.82) is 0 Å². The minimum atomic E-state index is -0.808. The van der Waals surface area contributed by atoms with Crippen molar-refractivity contribution in [2.75, 3.05) is 6.54 Å². The molecule has 8 heteroatoms. The molecule has 0 amide bonds. The molecular weight excluding hydrogens is 490 g/mol. The van der Waals surface area contributed by atoms with Gasteiger partial charge in [-0.2, -0.15) is 0 Å². The summed E-state index contributed by atoms with van der Waals surface area (Å²) in [6, 6.07) is 7.25. The lowest BCUT2D eigenvalue weighted by atomic mass is 9.56. The van der Waals surface area contributed by atoms with E-state index in [4.69, 9.17) is 0 Å². The van der Waals surface area contributed by atoms with E-state index in [1.165, 1.54) is 12.2 Å². The number of hydrogen-bond donors (Lipinski definition) is 1. The zero-order valence-corrected chi connectivity index (χ0v) is 18.7. The summed E-state index contributed by atoms with van der Waals surface area (Å²) >= 11 is 3.25. The van der Waals surface area contributed by atoms with Gasteiger partial charge in [-0.25, -0.2) is 0 Å². The summed E-state index contributed by atoms with van der Waals surface area (Å²) in [5.74, 6) is -3.67. The summed E-state index contributed by atoms with van der Waals surface area (Å²) in [5.41, 5.74) is 2.47. The molecule has 0 heterocycles. The van der Waals surface area contributed by atoms with Crippen LogP contribution in [-0.4, -0.2) is 35.6 Å². The number of Topliss-reactive ketones (excluding diaryl/α,β-unsaturated/α-hetero) is 2. The van der Waals surface area contributed by atoms with Crippen molar-refractivity contribution in [3.8, 4) is 0 Å². The molecule has 1 aromatic carbocycles. The molecule has 2 bridgehead atoms. The van der Waals surface area contributed by atoms with E-state index in [0.717, 1.165) is 17.4 Å². The maximum absolute atomic E-state index is 13.6. The molecule has 0 saturated heterocycles. The molecule has 0 aromatic heterocycles. The Hall–Kier alpha value is -3.65. The van der Waals surface area contributed by atoms with E-state index in [0.29, 0.717) is 0 Å². The molecule has 164 valence electrons. The Balaban J connectivity index is 1.59. The monoisotopic (exact) mass is 505 g/mol. The molecule has 7 nitrogen and oxygen atoms in total. The number of halogens is 1. The zero-order chi connectivity index (χ0) is 23.4. The van der Waals surface area contributed by atoms with E-state index in [1.54, 1.807) is 12.1 Å². The summed E-state index contributed by atoms with van der Waals surface area (Å²) in [5, 5.41) is 2.86. The van der Waals surface area contributed by atoms with Crippen LogP contribution in [0.4, 0.5) is 0 Å². The minimum absolute atomic E-state index is 0.0162. The quantitative estimate of drug-likeness (QED) is 0.372. The van der Waals surface area contributed by atoms with Crippen molar-refractivity contribution in [1.82, 2.24) is 5.32 Å². The molecule has 0 saturated carbocycles. The predicted molar refractivity (Wildman–Crippen MR) is 120 cm³/mol. The highest BCUT2D eigenvalue weighted by Crippen LogP contribution is 2.58. The second-order valence-corrected chi connectivity index (χ2v) is 8.69. The van der Waals surface area contributed by atoms with Crippen molar-refractivity contribution < 1.29 is 28.7 Å². The Bertz CT molecular complexity index is 1340. The number of hydrogen-bond acceptors (Lipinski definition) is 7. The van der Waals surface area contributed by atoms with Crippen LogP contribution in [0.2, 0.25) is 0 Å². The fraction of sp³-hybridized carbons (Fsp3) is 0.160. The van der Waals surface area contributed by atoms with Gasteiger partial charge in [0.2, 0.25) is 5.78 Å². The van der Waals surface area contributed by atoms with Gasteiger partial charge < -0.3 is 10.1 Å². The van der Waals surface area contributed by atoms with Gasteiger partial charge >= 0.3 is 5.97 Å². The Morgan fingerprint density at radius 2 is 1.48 bits per heavy atom. The van der Waals surface area contributed by atoms with E-state index in [9.17, 15) is 24.0 Å². The standard InChI is InChI=1S/C25H16BrNO6/c1-2-33-15(30)9-10-27-23-22(26)24(31)20-16-11-5-3-4-6-12(11)17(21(20)25(23)32)19-14(29)8-7-13(28)18(16)19/h2-8,16-17,27H,1,9-10H2. The Morgan fingerprint density at radius 3 is 2.03 bits per heavy atom. The van der Waals surface area contributed by atoms with E-state index in [-0.39, 0.29) is 57.0 Å². The molecule has 0 fully saturated rings. The van der Waals surface area contributed by atoms with E-state index in [1.807, 2.05) is 12.1 Å². The van der Waals surface area contributed by atoms with Crippen LogP contribution >= 0.6 is 15.9 Å². The predicted octanol–water partition coefficient (Wildman–Crippen LogP) is 2.61. The first-order valence-corrected chi connectivity index (χ1v) is 11.0. The van der Waals surface area contributed by atoms with Crippen molar-refractivity contribution in [2.45, 2.75) is 18.3 Å². The molecular formula is C25H16BrNO6. The third-order valence-electron chi connectivity index (χ3n) is 6.25. The molecule has 0 radical (unpaired) electrons. The summed E-state index contributed by atoms with van der Waals surface area (Å²) in [6.07, 6.45) is 3.41. The summed E-state index contributed by atoms with van der Waals surface area (Å²) < 4.78 is 4.69. The minimum Gasteiger partial charge on any atom is -0.435 e. The number of carbonyl (C=O) groups is 5. The molecule has 6 rings (SSSR count). The van der Waals surface area contributed by atoms with Crippen LogP contribution in [0.1, 0.15) is 29.4 Å². The second kappa shape index (κ2) is 7.74. The number of ether oxygens (including phenoxy) is 1. The average Bonchev–Trinajstić information content (AvgIpc) is 2.81. The number of nitrogens with one attached hydrogen (secondary N) is 1. The highest BCUT2D eigenvalue weighted by atomic mass is 79.9. The molecule has 1 aromatic rings. The molecule has 5 aliphatic carbocycles. The van der Waals surface area contributed by atoms with Crippen molar-refractivity contribution in [3.63, 3.8) is 0 Å². The molecule has 0 spiro atoms. The second-order valence-electron chi connectivity index (χ2n) is 7.89. The molecule has 2 unspecified atom stereocenters. The molecule has 5 aliphatic rings. The summed E-state index contributed by atoms with van der Waals surface area (Å²) in [7, 11) is 0. The highest BCUT2D eigenvalue weighted by molar-refractivity contribution is 9.12. The lowest BCUT2D eigenvalue weighted by Gasteiger charge is -2.44. The average molecular weight is 506 g/mol. The smallest absolute Gasteiger partial charge is 0.312 e. The Morgan fingerprint density at radius 1 is 0.939 bits per heavy atom. The SMILES string of the molecule is C=COC(=O)CCNC1=C(Br)C(=O)C2=C(C1=O)C1C3=C(C(=O)C=CC3=O)C2c2ccccc21. The van der Waals surface area contributed by atoms with Gasteiger partial charge in [-0.15, -0.1) is 0 Å². The van der Waals surface area contributed by atoms with Gasteiger partial charge in [0.1, 0.15) is 5.70 Å². The molecule has 2 atom stereocenters. The fourth-order valence-electron chi connectivity index (χ4n) is 5.02. The van der Waals surface area contributed by atoms with Crippen LogP contribution in [0.25, 0.3) is 0 Å². The first kappa shape index (κ1) is 21.2. The molecule has 1 N–H and O–H groups in total. The van der Waals surface area contributed by atoms with Crippen LogP contribution < -0.4 is 5.32 Å². The van der Waals surface area contributed by atoms with Gasteiger partial charge in [-0.1, -0.05) is 30.8 Å². The van der Waals surface area contributed by atoms with Gasteiger partial charge in [0, 0.05) is 40.7 Å². The van der Waals surface area contributed by atoms with Crippen LogP contribution in [0.3, 0.4) is 0 Å². The van der Waals surface area contributed by atoms with Gasteiger partial charge in [0.15, 0.2) is 17.3 Å². The third kappa shape index (κ3) is 2.97. The number of esters is 1. The van der Waals surface area contributed by atoms with Crippen molar-refractivity contribution >= 4 is 45.0 Å². The van der Waals surface area contributed by atoms with Gasteiger partial charge in [0.25, 0.3) is 0 Å². The van der Waals surface area contributed by atoms with Crippen LogP contribution in [0.15, 0.2) is 81.7 Å². The van der Waals surface area contributed by atoms with Gasteiger partial charge in [0.05, 0.1) is 17.2 Å². The maximum Gasteiger partial charge on any atom is 0.312 e. The largest absolute Gasteiger partial charge is 0.435 e. The van der Waals surface area contributed by atoms with Crippen molar-refractivity contribution in [3.05, 3.63) is 92.9 Å². The van der Waals surface area contributed by atoms with Crippen LogP contribution in [0, 0.1) is 0 Å². The summed E-state index contributed by atoms with van der Waals surface area (Å²) in [4.78, 5) is 64.4. The normalized spacial score (nSPS) is 22.9. The van der Waals surface area contributed by atoms with Gasteiger partial charge in [-0.3, -0.25) is 24.0 Å². The number of rotatable bonds is 5. The Kier molecular flexibility index (Phi) is 4.97. The van der Waals surface area contributed by atoms with Crippen LogP contribution in [-0.2, 0) is 28.7 Å². The van der Waals surface area contributed by atoms with E-state index >= 15 is 0 Å². The molecule has 33 heavy (non-hydrogen) atoms. The lowest BCUT2D eigenvalue weighted by molar-refractivity contribution is -0.137. The maximum atomic E-state index is 13.6.